The van der Waals surface area contributed by atoms with Crippen LogP contribution in [0.1, 0.15) is 39.5 Å². The summed E-state index contributed by atoms with van der Waals surface area (Å²) in [4.78, 5) is 14.3. The molecule has 0 saturated heterocycles. The van der Waals surface area contributed by atoms with E-state index in [0.717, 1.165) is 25.8 Å². The van der Waals surface area contributed by atoms with Crippen molar-refractivity contribution in [1.82, 2.24) is 4.90 Å². The highest BCUT2D eigenvalue weighted by Gasteiger charge is 2.32. The van der Waals surface area contributed by atoms with Gasteiger partial charge in [-0.25, -0.2) is 0 Å². The molecular formula is C14H28N2O2. The molecule has 106 valence electrons. The average Bonchev–Trinajstić information content (AvgIpc) is 3.12. The van der Waals surface area contributed by atoms with Gasteiger partial charge in [0, 0.05) is 26.1 Å². The van der Waals surface area contributed by atoms with Crippen LogP contribution in [-0.4, -0.2) is 43.7 Å². The maximum Gasteiger partial charge on any atom is 0.223 e. The summed E-state index contributed by atoms with van der Waals surface area (Å²) in [5.74, 6) is 1.17. The van der Waals surface area contributed by atoms with Gasteiger partial charge < -0.3 is 15.4 Å². The molecule has 0 aromatic heterocycles. The minimum absolute atomic E-state index is 0.255. The third-order valence-electron chi connectivity index (χ3n) is 3.45. The Morgan fingerprint density at radius 2 is 2.11 bits per heavy atom. The van der Waals surface area contributed by atoms with Crippen molar-refractivity contribution in [2.24, 2.45) is 17.6 Å². The Kier molecular flexibility index (Phi) is 6.65. The van der Waals surface area contributed by atoms with Crippen molar-refractivity contribution < 1.29 is 9.53 Å². The van der Waals surface area contributed by atoms with Crippen LogP contribution in [0.4, 0.5) is 0 Å². The van der Waals surface area contributed by atoms with Crippen molar-refractivity contribution in [1.29, 1.82) is 0 Å². The van der Waals surface area contributed by atoms with Gasteiger partial charge in [-0.3, -0.25) is 4.79 Å². The molecule has 1 aliphatic carbocycles. The summed E-state index contributed by atoms with van der Waals surface area (Å²) in [6.45, 7) is 6.30. The zero-order valence-corrected chi connectivity index (χ0v) is 12.0. The molecule has 1 atom stereocenters. The molecule has 1 saturated carbocycles. The molecule has 1 aliphatic rings. The smallest absolute Gasteiger partial charge is 0.223 e. The average molecular weight is 256 g/mol. The van der Waals surface area contributed by atoms with E-state index in [9.17, 15) is 4.79 Å². The number of nitrogens with two attached hydrogens (primary N) is 1. The Bertz CT molecular complexity index is 252. The van der Waals surface area contributed by atoms with Gasteiger partial charge in [-0.1, -0.05) is 13.8 Å². The molecule has 0 spiro atoms. The van der Waals surface area contributed by atoms with Crippen molar-refractivity contribution in [2.75, 3.05) is 26.8 Å². The highest BCUT2D eigenvalue weighted by atomic mass is 16.5. The lowest BCUT2D eigenvalue weighted by Crippen LogP contribution is -2.37. The van der Waals surface area contributed by atoms with Crippen LogP contribution in [0.25, 0.3) is 0 Å². The highest BCUT2D eigenvalue weighted by molar-refractivity contribution is 5.77. The van der Waals surface area contributed by atoms with E-state index in [1.54, 1.807) is 7.11 Å². The summed E-state index contributed by atoms with van der Waals surface area (Å²) in [5.41, 5.74) is 5.77. The summed E-state index contributed by atoms with van der Waals surface area (Å²) < 4.78 is 5.08. The van der Waals surface area contributed by atoms with Crippen molar-refractivity contribution in [3.63, 3.8) is 0 Å². The van der Waals surface area contributed by atoms with Gasteiger partial charge in [0.25, 0.3) is 0 Å². The fourth-order valence-corrected chi connectivity index (χ4v) is 2.38. The van der Waals surface area contributed by atoms with E-state index in [-0.39, 0.29) is 5.91 Å². The van der Waals surface area contributed by atoms with Gasteiger partial charge >= 0.3 is 0 Å². The number of carbonyl (C=O) groups is 1. The molecule has 1 fully saturated rings. The van der Waals surface area contributed by atoms with Gasteiger partial charge in [-0.15, -0.1) is 0 Å². The molecule has 0 heterocycles. The fraction of sp³-hybridized carbons (Fsp3) is 0.929. The predicted molar refractivity (Wildman–Crippen MR) is 73.2 cm³/mol. The third-order valence-corrected chi connectivity index (χ3v) is 3.45. The maximum atomic E-state index is 12.3. The second kappa shape index (κ2) is 7.74. The van der Waals surface area contributed by atoms with Gasteiger partial charge in [-0.2, -0.15) is 0 Å². The monoisotopic (exact) mass is 256 g/mol. The van der Waals surface area contributed by atoms with Crippen LogP contribution in [0, 0.1) is 11.8 Å². The van der Waals surface area contributed by atoms with E-state index in [1.165, 1.54) is 0 Å². The van der Waals surface area contributed by atoms with Gasteiger partial charge in [0.1, 0.15) is 0 Å². The van der Waals surface area contributed by atoms with Crippen LogP contribution in [0.5, 0.6) is 0 Å². The summed E-state index contributed by atoms with van der Waals surface area (Å²) >= 11 is 0. The van der Waals surface area contributed by atoms with Crippen molar-refractivity contribution in [2.45, 2.75) is 45.6 Å². The number of carbonyl (C=O) groups excluding carboxylic acids is 1. The van der Waals surface area contributed by atoms with Crippen LogP contribution in [0.2, 0.25) is 0 Å². The van der Waals surface area contributed by atoms with Gasteiger partial charge in [0.15, 0.2) is 0 Å². The zero-order valence-electron chi connectivity index (χ0n) is 12.0. The Hall–Kier alpha value is -0.610. The van der Waals surface area contributed by atoms with Gasteiger partial charge in [0.05, 0.1) is 6.61 Å². The molecule has 0 unspecified atom stereocenters. The Labute approximate surface area is 111 Å². The zero-order chi connectivity index (χ0) is 13.5. The largest absolute Gasteiger partial charge is 0.383 e. The first-order valence-corrected chi connectivity index (χ1v) is 7.07. The first-order valence-electron chi connectivity index (χ1n) is 7.07. The van der Waals surface area contributed by atoms with E-state index in [2.05, 4.69) is 13.8 Å². The molecule has 0 aromatic carbocycles. The number of hydrogen-bond donors (Lipinski definition) is 1. The van der Waals surface area contributed by atoms with E-state index >= 15 is 0 Å². The normalized spacial score (nSPS) is 16.9. The number of hydrogen-bond acceptors (Lipinski definition) is 3. The fourth-order valence-electron chi connectivity index (χ4n) is 2.38. The summed E-state index contributed by atoms with van der Waals surface area (Å²) in [5, 5.41) is 0. The SMILES string of the molecule is COCCN(C(=O)C[C@@H](CN)CC(C)C)C1CC1. The molecule has 4 heteroatoms. The molecular weight excluding hydrogens is 228 g/mol. The molecule has 4 nitrogen and oxygen atoms in total. The molecule has 1 rings (SSSR count). The molecule has 18 heavy (non-hydrogen) atoms. The quantitative estimate of drug-likeness (QED) is 0.682. The minimum atomic E-state index is 0.255. The van der Waals surface area contributed by atoms with Crippen LogP contribution < -0.4 is 5.73 Å². The van der Waals surface area contributed by atoms with E-state index in [0.29, 0.717) is 37.5 Å². The first-order chi connectivity index (χ1) is 8.58. The minimum Gasteiger partial charge on any atom is -0.383 e. The van der Waals surface area contributed by atoms with E-state index in [1.807, 2.05) is 4.90 Å². The highest BCUT2D eigenvalue weighted by Crippen LogP contribution is 2.28. The number of nitrogens with zero attached hydrogens (tertiary/aromatic N) is 1. The number of rotatable bonds is 9. The summed E-state index contributed by atoms with van der Waals surface area (Å²) in [6, 6.07) is 0.463. The standard InChI is InChI=1S/C14H28N2O2/c1-11(2)8-12(10-15)9-14(17)16(6-7-18-3)13-4-5-13/h11-13H,4-10,15H2,1-3H3/t12-/m0/s1. The van der Waals surface area contributed by atoms with Crippen molar-refractivity contribution in [3.05, 3.63) is 0 Å². The third kappa shape index (κ3) is 5.36. The second-order valence-electron chi connectivity index (χ2n) is 5.75. The Morgan fingerprint density at radius 3 is 2.56 bits per heavy atom. The maximum absolute atomic E-state index is 12.3. The molecule has 0 radical (unpaired) electrons. The lowest BCUT2D eigenvalue weighted by Gasteiger charge is -2.25. The summed E-state index contributed by atoms with van der Waals surface area (Å²) in [7, 11) is 1.68. The van der Waals surface area contributed by atoms with Gasteiger partial charge in [-0.05, 0) is 37.6 Å². The van der Waals surface area contributed by atoms with Crippen LogP contribution in [-0.2, 0) is 9.53 Å². The Balaban J connectivity index is 2.43. The Morgan fingerprint density at radius 1 is 1.44 bits per heavy atom. The van der Waals surface area contributed by atoms with Crippen LogP contribution in [0.15, 0.2) is 0 Å². The number of amides is 1. The van der Waals surface area contributed by atoms with Crippen LogP contribution in [0.3, 0.4) is 0 Å². The topological polar surface area (TPSA) is 55.6 Å². The lowest BCUT2D eigenvalue weighted by atomic mass is 9.94. The lowest BCUT2D eigenvalue weighted by molar-refractivity contribution is -0.133. The molecule has 0 bridgehead atoms. The van der Waals surface area contributed by atoms with E-state index in [4.69, 9.17) is 10.5 Å². The molecule has 0 aromatic rings. The van der Waals surface area contributed by atoms with Gasteiger partial charge in [0.2, 0.25) is 5.91 Å². The molecule has 2 N–H and O–H groups in total. The van der Waals surface area contributed by atoms with Crippen molar-refractivity contribution >= 4 is 5.91 Å². The van der Waals surface area contributed by atoms with Crippen LogP contribution >= 0.6 is 0 Å². The first kappa shape index (κ1) is 15.4. The second-order valence-corrected chi connectivity index (χ2v) is 5.75. The molecule has 1 amide bonds. The van der Waals surface area contributed by atoms with E-state index < -0.39 is 0 Å². The predicted octanol–water partition coefficient (Wildman–Crippen LogP) is 1.63. The number of methoxy groups -OCH3 is 1. The molecule has 0 aliphatic heterocycles. The van der Waals surface area contributed by atoms with Crippen molar-refractivity contribution in [3.8, 4) is 0 Å². The number of ether oxygens (including phenoxy) is 1. The summed E-state index contributed by atoms with van der Waals surface area (Å²) in [6.07, 6.45) is 3.92.